The number of likely N-dealkylation sites (tertiary alicyclic amines) is 1. The molecule has 1 heterocycles. The van der Waals surface area contributed by atoms with Gasteiger partial charge in [-0.15, -0.1) is 0 Å². The molecule has 0 bridgehead atoms. The van der Waals surface area contributed by atoms with E-state index in [4.69, 9.17) is 4.74 Å². The van der Waals surface area contributed by atoms with Crippen LogP contribution in [-0.2, 0) is 4.74 Å². The van der Waals surface area contributed by atoms with Gasteiger partial charge in [0.2, 0.25) is 0 Å². The largest absolute Gasteiger partial charge is 0.448 e. The Morgan fingerprint density at radius 1 is 1.07 bits per heavy atom. The Labute approximate surface area is 159 Å². The molecule has 0 radical (unpaired) electrons. The fourth-order valence-corrected chi connectivity index (χ4v) is 4.80. The lowest BCUT2D eigenvalue weighted by molar-refractivity contribution is 0.0251. The van der Waals surface area contributed by atoms with Crippen LogP contribution in [-0.4, -0.2) is 41.4 Å². The minimum atomic E-state index is -0.526. The van der Waals surface area contributed by atoms with Gasteiger partial charge in [0.1, 0.15) is 6.61 Å². The van der Waals surface area contributed by atoms with Gasteiger partial charge in [-0.2, -0.15) is 0 Å². The van der Waals surface area contributed by atoms with Crippen molar-refractivity contribution in [3.8, 4) is 11.1 Å². The molecular weight excluding hydrogens is 338 g/mol. The van der Waals surface area contributed by atoms with E-state index in [0.717, 1.165) is 32.2 Å². The van der Waals surface area contributed by atoms with Gasteiger partial charge in [-0.3, -0.25) is 0 Å². The number of nitrogens with zero attached hydrogens (tertiary/aromatic N) is 1. The molecule has 2 fully saturated rings. The van der Waals surface area contributed by atoms with E-state index in [1.165, 1.54) is 22.3 Å². The Morgan fingerprint density at radius 2 is 1.70 bits per heavy atom. The number of amides is 1. The summed E-state index contributed by atoms with van der Waals surface area (Å²) in [4.78, 5) is 14.5. The summed E-state index contributed by atoms with van der Waals surface area (Å²) in [6, 6.07) is 16.8. The van der Waals surface area contributed by atoms with Crippen molar-refractivity contribution in [1.29, 1.82) is 0 Å². The SMILES string of the molecule is O=C(OCC1c2ccccc2-c2ccccc21)N1CCCC(C2(O)CC2)C1. The summed E-state index contributed by atoms with van der Waals surface area (Å²) in [5.74, 6) is 0.293. The van der Waals surface area contributed by atoms with Crippen molar-refractivity contribution >= 4 is 6.09 Å². The zero-order valence-corrected chi connectivity index (χ0v) is 15.4. The number of aliphatic hydroxyl groups is 1. The highest BCUT2D eigenvalue weighted by atomic mass is 16.6. The van der Waals surface area contributed by atoms with Crippen molar-refractivity contribution < 1.29 is 14.6 Å². The minimum absolute atomic E-state index is 0.0922. The summed E-state index contributed by atoms with van der Waals surface area (Å²) < 4.78 is 5.77. The van der Waals surface area contributed by atoms with Gasteiger partial charge in [-0.1, -0.05) is 48.5 Å². The first-order valence-electron chi connectivity index (χ1n) is 9.98. The fourth-order valence-electron chi connectivity index (χ4n) is 4.80. The van der Waals surface area contributed by atoms with E-state index in [9.17, 15) is 9.90 Å². The second-order valence-electron chi connectivity index (χ2n) is 8.19. The lowest BCUT2D eigenvalue weighted by Crippen LogP contribution is -2.44. The van der Waals surface area contributed by atoms with Crippen LogP contribution in [0.4, 0.5) is 4.79 Å². The summed E-state index contributed by atoms with van der Waals surface area (Å²) >= 11 is 0. The fraction of sp³-hybridized carbons (Fsp3) is 0.435. The van der Waals surface area contributed by atoms with E-state index in [-0.39, 0.29) is 17.9 Å². The van der Waals surface area contributed by atoms with Crippen LogP contribution in [0.15, 0.2) is 48.5 Å². The molecule has 4 nitrogen and oxygen atoms in total. The number of piperidine rings is 1. The number of carbonyl (C=O) groups excluding carboxylic acids is 1. The number of ether oxygens (including phenoxy) is 1. The maximum Gasteiger partial charge on any atom is 0.409 e. The molecule has 1 N–H and O–H groups in total. The highest BCUT2D eigenvalue weighted by Gasteiger charge is 2.49. The van der Waals surface area contributed by atoms with E-state index in [2.05, 4.69) is 36.4 Å². The van der Waals surface area contributed by atoms with Crippen LogP contribution < -0.4 is 0 Å². The van der Waals surface area contributed by atoms with Crippen LogP contribution in [0.1, 0.15) is 42.7 Å². The molecule has 2 aromatic rings. The molecule has 2 aliphatic carbocycles. The first kappa shape index (κ1) is 16.8. The van der Waals surface area contributed by atoms with Crippen LogP contribution in [0.25, 0.3) is 11.1 Å². The summed E-state index contributed by atoms with van der Waals surface area (Å²) in [6.07, 6.45) is 3.44. The zero-order chi connectivity index (χ0) is 18.4. The highest BCUT2D eigenvalue weighted by molar-refractivity contribution is 5.79. The molecule has 1 atom stereocenters. The molecule has 1 saturated carbocycles. The van der Waals surface area contributed by atoms with Crippen molar-refractivity contribution in [3.05, 3.63) is 59.7 Å². The predicted molar refractivity (Wildman–Crippen MR) is 104 cm³/mol. The number of hydrogen-bond acceptors (Lipinski definition) is 3. The maximum absolute atomic E-state index is 12.7. The molecule has 27 heavy (non-hydrogen) atoms. The van der Waals surface area contributed by atoms with Gasteiger partial charge in [-0.25, -0.2) is 4.79 Å². The molecular formula is C23H25NO3. The standard InChI is InChI=1S/C23H25NO3/c25-22(24-13-5-6-16(14-24)23(26)11-12-23)27-15-21-19-9-3-1-7-17(19)18-8-2-4-10-20(18)21/h1-4,7-10,16,21,26H,5-6,11-15H2. The number of fused-ring (bicyclic) bond motifs is 3. The van der Waals surface area contributed by atoms with E-state index < -0.39 is 5.60 Å². The molecule has 0 aromatic heterocycles. The topological polar surface area (TPSA) is 49.8 Å². The summed E-state index contributed by atoms with van der Waals surface area (Å²) in [7, 11) is 0. The Kier molecular flexibility index (Phi) is 3.97. The van der Waals surface area contributed by atoms with Gasteiger partial charge in [-0.05, 0) is 47.9 Å². The van der Waals surface area contributed by atoms with Crippen LogP contribution in [0.5, 0.6) is 0 Å². The third kappa shape index (κ3) is 2.92. The van der Waals surface area contributed by atoms with Crippen LogP contribution >= 0.6 is 0 Å². The minimum Gasteiger partial charge on any atom is -0.448 e. The van der Waals surface area contributed by atoms with Crippen LogP contribution in [0.3, 0.4) is 0 Å². The van der Waals surface area contributed by atoms with Gasteiger partial charge < -0.3 is 14.7 Å². The molecule has 4 heteroatoms. The van der Waals surface area contributed by atoms with E-state index in [1.807, 2.05) is 12.1 Å². The lowest BCUT2D eigenvalue weighted by atomic mass is 9.91. The third-order valence-electron chi connectivity index (χ3n) is 6.54. The second kappa shape index (κ2) is 6.38. The predicted octanol–water partition coefficient (Wildman–Crippen LogP) is 4.17. The van der Waals surface area contributed by atoms with Crippen molar-refractivity contribution in [2.24, 2.45) is 5.92 Å². The smallest absolute Gasteiger partial charge is 0.409 e. The Morgan fingerprint density at radius 3 is 2.33 bits per heavy atom. The molecule has 3 aliphatic rings. The van der Waals surface area contributed by atoms with Crippen LogP contribution in [0.2, 0.25) is 0 Å². The Hall–Kier alpha value is -2.33. The Bertz CT molecular complexity index is 828. The van der Waals surface area contributed by atoms with Gasteiger partial charge in [0.05, 0.1) is 5.60 Å². The Balaban J connectivity index is 1.29. The summed E-state index contributed by atoms with van der Waals surface area (Å²) in [5.41, 5.74) is 4.42. The quantitative estimate of drug-likeness (QED) is 0.890. The van der Waals surface area contributed by atoms with Crippen molar-refractivity contribution in [3.63, 3.8) is 0 Å². The highest BCUT2D eigenvalue weighted by Crippen LogP contribution is 2.46. The van der Waals surface area contributed by atoms with Crippen molar-refractivity contribution in [2.45, 2.75) is 37.2 Å². The lowest BCUT2D eigenvalue weighted by Gasteiger charge is -2.34. The number of rotatable bonds is 3. The molecule has 2 aromatic carbocycles. The second-order valence-corrected chi connectivity index (χ2v) is 8.19. The number of benzene rings is 2. The first-order valence-corrected chi connectivity index (χ1v) is 9.98. The molecule has 5 rings (SSSR count). The average molecular weight is 363 g/mol. The zero-order valence-electron chi connectivity index (χ0n) is 15.4. The van der Waals surface area contributed by atoms with Gasteiger partial charge >= 0.3 is 6.09 Å². The van der Waals surface area contributed by atoms with Gasteiger partial charge in [0.25, 0.3) is 0 Å². The van der Waals surface area contributed by atoms with E-state index in [1.54, 1.807) is 4.90 Å². The summed E-state index contributed by atoms with van der Waals surface area (Å²) in [5, 5.41) is 10.4. The monoisotopic (exact) mass is 363 g/mol. The van der Waals surface area contributed by atoms with E-state index >= 15 is 0 Å². The average Bonchev–Trinajstić information content (AvgIpc) is 3.39. The third-order valence-corrected chi connectivity index (χ3v) is 6.54. The van der Waals surface area contributed by atoms with Gasteiger partial charge in [0, 0.05) is 24.9 Å². The molecule has 0 spiro atoms. The van der Waals surface area contributed by atoms with E-state index in [0.29, 0.717) is 13.2 Å². The molecule has 1 aliphatic heterocycles. The van der Waals surface area contributed by atoms with Crippen molar-refractivity contribution in [2.75, 3.05) is 19.7 Å². The molecule has 1 amide bonds. The normalized spacial score (nSPS) is 22.9. The maximum atomic E-state index is 12.7. The number of carbonyl (C=O) groups is 1. The summed E-state index contributed by atoms with van der Waals surface area (Å²) in [6.45, 7) is 1.70. The number of hydrogen-bond donors (Lipinski definition) is 1. The molecule has 1 saturated heterocycles. The first-order chi connectivity index (χ1) is 13.2. The molecule has 1 unspecified atom stereocenters. The van der Waals surface area contributed by atoms with Crippen LogP contribution in [0, 0.1) is 5.92 Å². The van der Waals surface area contributed by atoms with Gasteiger partial charge in [0.15, 0.2) is 0 Å². The molecule has 140 valence electrons. The van der Waals surface area contributed by atoms with Crippen molar-refractivity contribution in [1.82, 2.24) is 4.90 Å².